The minimum atomic E-state index is -4.53. The van der Waals surface area contributed by atoms with E-state index in [9.17, 15) is 22.8 Å². The Hall–Kier alpha value is -2.90. The molecule has 0 saturated heterocycles. The first-order valence-corrected chi connectivity index (χ1v) is 7.76. The highest BCUT2D eigenvalue weighted by molar-refractivity contribution is 6.03. The van der Waals surface area contributed by atoms with Gasteiger partial charge in [0.1, 0.15) is 12.4 Å². The summed E-state index contributed by atoms with van der Waals surface area (Å²) < 4.78 is 37.1. The molecule has 5 nitrogen and oxygen atoms in total. The summed E-state index contributed by atoms with van der Waals surface area (Å²) in [6.07, 6.45) is -4.53. The molecule has 2 aromatic rings. The number of carbonyl (C=O) groups excluding carboxylic acids is 2. The molecule has 0 bridgehead atoms. The molecule has 0 aliphatic carbocycles. The number of aryl methyl sites for hydroxylation is 1. The number of pyridine rings is 1. The highest BCUT2D eigenvalue weighted by Gasteiger charge is 2.29. The Bertz CT molecular complexity index is 835. The minimum Gasteiger partial charge on any atom is -0.343 e. The SMILES string of the molecule is CC(=O)N(C)c1nc(-c2ccccc2C)ccc1C(=O)NCC(F)(F)F. The van der Waals surface area contributed by atoms with E-state index in [4.69, 9.17) is 0 Å². The van der Waals surface area contributed by atoms with Crippen LogP contribution in [0.5, 0.6) is 0 Å². The highest BCUT2D eigenvalue weighted by Crippen LogP contribution is 2.26. The molecule has 8 heteroatoms. The van der Waals surface area contributed by atoms with Crippen LogP contribution in [0.4, 0.5) is 19.0 Å². The molecular weight excluding hydrogens is 347 g/mol. The summed E-state index contributed by atoms with van der Waals surface area (Å²) in [5.74, 6) is -1.35. The number of anilines is 1. The number of rotatable bonds is 4. The van der Waals surface area contributed by atoms with E-state index < -0.39 is 24.5 Å². The van der Waals surface area contributed by atoms with Crippen molar-refractivity contribution in [3.63, 3.8) is 0 Å². The second kappa shape index (κ2) is 7.55. The van der Waals surface area contributed by atoms with E-state index in [0.717, 1.165) is 16.0 Å². The summed E-state index contributed by atoms with van der Waals surface area (Å²) in [4.78, 5) is 29.4. The zero-order chi connectivity index (χ0) is 19.5. The number of hydrogen-bond acceptors (Lipinski definition) is 3. The molecule has 0 radical (unpaired) electrons. The van der Waals surface area contributed by atoms with Crippen molar-refractivity contribution in [1.29, 1.82) is 0 Å². The van der Waals surface area contributed by atoms with Gasteiger partial charge in [-0.3, -0.25) is 14.5 Å². The summed E-state index contributed by atoms with van der Waals surface area (Å²) in [6.45, 7) is 1.70. The number of aromatic nitrogens is 1. The van der Waals surface area contributed by atoms with Crippen molar-refractivity contribution in [2.45, 2.75) is 20.0 Å². The first kappa shape index (κ1) is 19.4. The average molecular weight is 365 g/mol. The monoisotopic (exact) mass is 365 g/mol. The summed E-state index contributed by atoms with van der Waals surface area (Å²) in [6, 6.07) is 10.3. The van der Waals surface area contributed by atoms with Crippen LogP contribution in [0.25, 0.3) is 11.3 Å². The number of benzene rings is 1. The standard InChI is InChI=1S/C18H18F3N3O2/c1-11-6-4-5-7-13(11)15-9-8-14(16(23-15)24(3)12(2)25)17(26)22-10-18(19,20)21/h4-9H,10H2,1-3H3,(H,22,26). The third-order valence-electron chi connectivity index (χ3n) is 3.78. The van der Waals surface area contributed by atoms with Crippen LogP contribution in [0.15, 0.2) is 36.4 Å². The largest absolute Gasteiger partial charge is 0.405 e. The Morgan fingerprint density at radius 3 is 2.38 bits per heavy atom. The fraction of sp³-hybridized carbons (Fsp3) is 0.278. The maximum Gasteiger partial charge on any atom is 0.405 e. The van der Waals surface area contributed by atoms with Crippen LogP contribution in [-0.4, -0.2) is 36.6 Å². The number of nitrogens with one attached hydrogen (secondary N) is 1. The normalized spacial score (nSPS) is 11.2. The summed E-state index contributed by atoms with van der Waals surface area (Å²) in [5.41, 5.74) is 2.14. The van der Waals surface area contributed by atoms with Crippen LogP contribution in [0.1, 0.15) is 22.8 Å². The molecule has 1 heterocycles. The van der Waals surface area contributed by atoms with Gasteiger partial charge < -0.3 is 5.32 Å². The van der Waals surface area contributed by atoms with Crippen LogP contribution in [0, 0.1) is 6.92 Å². The van der Waals surface area contributed by atoms with Crippen LogP contribution >= 0.6 is 0 Å². The predicted molar refractivity (Wildman–Crippen MR) is 91.9 cm³/mol. The van der Waals surface area contributed by atoms with Gasteiger partial charge in [0.05, 0.1) is 11.3 Å². The van der Waals surface area contributed by atoms with E-state index in [0.29, 0.717) is 5.69 Å². The topological polar surface area (TPSA) is 62.3 Å². The zero-order valence-electron chi connectivity index (χ0n) is 14.5. The number of nitrogens with zero attached hydrogens (tertiary/aromatic N) is 2. The molecule has 0 saturated carbocycles. The number of amides is 2. The lowest BCUT2D eigenvalue weighted by Crippen LogP contribution is -2.35. The van der Waals surface area contributed by atoms with Crippen molar-refractivity contribution in [2.24, 2.45) is 0 Å². The third kappa shape index (κ3) is 4.59. The number of halogens is 3. The average Bonchev–Trinajstić information content (AvgIpc) is 2.58. The maximum absolute atomic E-state index is 12.4. The lowest BCUT2D eigenvalue weighted by Gasteiger charge is -2.19. The maximum atomic E-state index is 12.4. The van der Waals surface area contributed by atoms with Gasteiger partial charge in [0.15, 0.2) is 0 Å². The second-order valence-corrected chi connectivity index (χ2v) is 5.76. The third-order valence-corrected chi connectivity index (χ3v) is 3.78. The minimum absolute atomic E-state index is 0.00192. The van der Waals surface area contributed by atoms with Gasteiger partial charge in [-0.25, -0.2) is 4.98 Å². The lowest BCUT2D eigenvalue weighted by atomic mass is 10.0. The van der Waals surface area contributed by atoms with E-state index in [1.54, 1.807) is 11.4 Å². The molecule has 26 heavy (non-hydrogen) atoms. The van der Waals surface area contributed by atoms with Crippen LogP contribution < -0.4 is 10.2 Å². The Morgan fingerprint density at radius 1 is 1.15 bits per heavy atom. The van der Waals surface area contributed by atoms with E-state index in [1.807, 2.05) is 31.2 Å². The molecule has 138 valence electrons. The summed E-state index contributed by atoms with van der Waals surface area (Å²) in [7, 11) is 1.41. The van der Waals surface area contributed by atoms with Crippen LogP contribution in [0.2, 0.25) is 0 Å². The van der Waals surface area contributed by atoms with Gasteiger partial charge in [0.25, 0.3) is 5.91 Å². The van der Waals surface area contributed by atoms with Crippen molar-refractivity contribution >= 4 is 17.6 Å². The number of alkyl halides is 3. The van der Waals surface area contributed by atoms with Gasteiger partial charge in [0.2, 0.25) is 5.91 Å². The van der Waals surface area contributed by atoms with Crippen LogP contribution in [0.3, 0.4) is 0 Å². The molecule has 1 aromatic heterocycles. The van der Waals surface area contributed by atoms with Crippen molar-refractivity contribution < 1.29 is 22.8 Å². The fourth-order valence-corrected chi connectivity index (χ4v) is 2.32. The number of carbonyl (C=O) groups is 2. The van der Waals surface area contributed by atoms with E-state index in [1.165, 1.54) is 20.0 Å². The van der Waals surface area contributed by atoms with E-state index in [2.05, 4.69) is 4.98 Å². The molecule has 1 aromatic carbocycles. The molecule has 0 unspecified atom stereocenters. The first-order valence-electron chi connectivity index (χ1n) is 7.76. The van der Waals surface area contributed by atoms with Crippen molar-refractivity contribution in [3.8, 4) is 11.3 Å². The Balaban J connectivity index is 2.47. The number of hydrogen-bond donors (Lipinski definition) is 1. The van der Waals surface area contributed by atoms with Gasteiger partial charge in [-0.2, -0.15) is 13.2 Å². The van der Waals surface area contributed by atoms with Gasteiger partial charge in [-0.05, 0) is 24.6 Å². The molecule has 0 spiro atoms. The predicted octanol–water partition coefficient (Wildman–Crippen LogP) is 3.33. The lowest BCUT2D eigenvalue weighted by molar-refractivity contribution is -0.123. The molecule has 2 amide bonds. The van der Waals surface area contributed by atoms with Crippen molar-refractivity contribution in [1.82, 2.24) is 10.3 Å². The molecule has 2 rings (SSSR count). The van der Waals surface area contributed by atoms with Gasteiger partial charge in [-0.1, -0.05) is 24.3 Å². The Morgan fingerprint density at radius 2 is 1.81 bits per heavy atom. The van der Waals surface area contributed by atoms with Crippen LogP contribution in [-0.2, 0) is 4.79 Å². The van der Waals surface area contributed by atoms with Gasteiger partial charge in [0, 0.05) is 19.5 Å². The summed E-state index contributed by atoms with van der Waals surface area (Å²) >= 11 is 0. The van der Waals surface area contributed by atoms with Gasteiger partial charge in [-0.15, -0.1) is 0 Å². The molecule has 0 fully saturated rings. The zero-order valence-corrected chi connectivity index (χ0v) is 14.5. The van der Waals surface area contributed by atoms with Crippen molar-refractivity contribution in [3.05, 3.63) is 47.5 Å². The smallest absolute Gasteiger partial charge is 0.343 e. The van der Waals surface area contributed by atoms with E-state index >= 15 is 0 Å². The summed E-state index contributed by atoms with van der Waals surface area (Å²) in [5, 5.41) is 1.80. The van der Waals surface area contributed by atoms with Crippen molar-refractivity contribution in [2.75, 3.05) is 18.5 Å². The Kier molecular flexibility index (Phi) is 5.64. The quantitative estimate of drug-likeness (QED) is 0.904. The van der Waals surface area contributed by atoms with Gasteiger partial charge >= 0.3 is 6.18 Å². The molecule has 0 aliphatic heterocycles. The highest BCUT2D eigenvalue weighted by atomic mass is 19.4. The first-order chi connectivity index (χ1) is 12.1. The second-order valence-electron chi connectivity index (χ2n) is 5.76. The molecule has 0 aliphatic rings. The fourth-order valence-electron chi connectivity index (χ4n) is 2.32. The molecule has 0 atom stereocenters. The molecular formula is C18H18F3N3O2. The Labute approximate surface area is 148 Å². The molecule has 1 N–H and O–H groups in total. The van der Waals surface area contributed by atoms with E-state index in [-0.39, 0.29) is 11.4 Å².